The smallest absolute Gasteiger partial charge is 0.247 e. The lowest BCUT2D eigenvalue weighted by molar-refractivity contribution is -0.111. The molecule has 8 nitrogen and oxygen atoms in total. The molecule has 2 aromatic heterocycles. The van der Waals surface area contributed by atoms with Crippen LogP contribution < -0.4 is 19.7 Å². The highest BCUT2D eigenvalue weighted by molar-refractivity contribution is 6.01. The van der Waals surface area contributed by atoms with Crippen LogP contribution in [0.1, 0.15) is 5.56 Å². The van der Waals surface area contributed by atoms with Crippen molar-refractivity contribution in [3.8, 4) is 22.9 Å². The molecule has 0 saturated carbocycles. The summed E-state index contributed by atoms with van der Waals surface area (Å²) >= 11 is 0. The minimum atomic E-state index is -0.264. The second kappa shape index (κ2) is 11.8. The summed E-state index contributed by atoms with van der Waals surface area (Å²) in [6.07, 6.45) is 3.37. The number of nitrogens with one attached hydrogen (secondary N) is 1. The number of carbonyl (C=O) groups is 1. The first-order chi connectivity index (χ1) is 18.3. The van der Waals surface area contributed by atoms with Gasteiger partial charge in [-0.3, -0.25) is 4.79 Å². The van der Waals surface area contributed by atoms with Gasteiger partial charge in [-0.2, -0.15) is 4.98 Å². The van der Waals surface area contributed by atoms with Crippen molar-refractivity contribution >= 4 is 28.2 Å². The van der Waals surface area contributed by atoms with E-state index in [-0.39, 0.29) is 12.5 Å². The summed E-state index contributed by atoms with van der Waals surface area (Å²) in [5.41, 5.74) is 5.69. The number of benzene rings is 2. The van der Waals surface area contributed by atoms with Crippen LogP contribution in [0.25, 0.3) is 22.0 Å². The van der Waals surface area contributed by atoms with Crippen molar-refractivity contribution in [3.05, 3.63) is 79.0 Å². The lowest BCUT2D eigenvalue weighted by atomic mass is 10.1. The molecule has 0 aliphatic carbocycles. The Kier molecular flexibility index (Phi) is 8.33. The van der Waals surface area contributed by atoms with Crippen molar-refractivity contribution in [1.29, 1.82) is 0 Å². The Bertz CT molecular complexity index is 1440. The van der Waals surface area contributed by atoms with Gasteiger partial charge in [0.05, 0.1) is 18.5 Å². The maximum Gasteiger partial charge on any atom is 0.247 e. The highest BCUT2D eigenvalue weighted by atomic mass is 16.5. The number of carbonyl (C=O) groups excluding carboxylic acids is 1. The molecule has 4 aromatic rings. The van der Waals surface area contributed by atoms with Gasteiger partial charge in [0.2, 0.25) is 17.7 Å². The van der Waals surface area contributed by atoms with Crippen LogP contribution in [0, 0.1) is 0 Å². The molecule has 8 heteroatoms. The minimum absolute atomic E-state index is 0.264. The molecule has 198 valence electrons. The second-order valence-corrected chi connectivity index (χ2v) is 9.47. The van der Waals surface area contributed by atoms with Gasteiger partial charge in [-0.05, 0) is 49.5 Å². The van der Waals surface area contributed by atoms with Crippen molar-refractivity contribution in [2.45, 2.75) is 6.61 Å². The number of fused-ring (bicyclic) bond motifs is 1. The summed E-state index contributed by atoms with van der Waals surface area (Å²) in [6.45, 7) is 5.55. The number of aromatic nitrogens is 2. The molecule has 1 amide bonds. The van der Waals surface area contributed by atoms with Gasteiger partial charge >= 0.3 is 0 Å². The lowest BCUT2D eigenvalue weighted by Gasteiger charge is -2.24. The Hall–Kier alpha value is -4.30. The Balaban J connectivity index is 1.60. The molecule has 1 N–H and O–H groups in total. The Labute approximate surface area is 224 Å². The molecule has 0 atom stereocenters. The van der Waals surface area contributed by atoms with E-state index in [1.807, 2.05) is 70.7 Å². The fraction of sp³-hybridized carbons (Fsp3) is 0.267. The quantitative estimate of drug-likeness (QED) is 0.286. The molecule has 2 aromatic carbocycles. The highest BCUT2D eigenvalue weighted by Gasteiger charge is 2.14. The summed E-state index contributed by atoms with van der Waals surface area (Å²) in [4.78, 5) is 20.9. The zero-order valence-electron chi connectivity index (χ0n) is 22.7. The summed E-state index contributed by atoms with van der Waals surface area (Å²) in [5.74, 6) is 0.665. The Morgan fingerprint density at radius 1 is 1.08 bits per heavy atom. The standard InChI is InChI=1S/C30H35N5O3/c1-7-28(36)31-25-16-21(12-13-27(25)34(4)15-14-33(2)3)20-38-30-18-22(17-29(32-30)37-6)24-19-35(5)26-11-9-8-10-23(24)26/h7-13,16-19H,1,14-15,20H2,2-6H3,(H,31,36). The fourth-order valence-corrected chi connectivity index (χ4v) is 4.30. The number of hydrogen-bond donors (Lipinski definition) is 1. The lowest BCUT2D eigenvalue weighted by Crippen LogP contribution is -2.29. The Morgan fingerprint density at radius 2 is 1.84 bits per heavy atom. The number of aryl methyl sites for hydroxylation is 1. The van der Waals surface area contributed by atoms with Gasteiger partial charge in [-0.25, -0.2) is 0 Å². The molecule has 0 fully saturated rings. The number of para-hydroxylation sites is 1. The molecule has 2 heterocycles. The number of likely N-dealkylation sites (N-methyl/N-ethyl adjacent to an activating group) is 2. The van der Waals surface area contributed by atoms with Crippen LogP contribution >= 0.6 is 0 Å². The van der Waals surface area contributed by atoms with E-state index in [1.54, 1.807) is 7.11 Å². The van der Waals surface area contributed by atoms with Crippen LogP contribution in [-0.4, -0.2) is 61.7 Å². The first kappa shape index (κ1) is 26.8. The Morgan fingerprint density at radius 3 is 2.58 bits per heavy atom. The van der Waals surface area contributed by atoms with Crippen molar-refractivity contribution < 1.29 is 14.3 Å². The van der Waals surface area contributed by atoms with Crippen molar-refractivity contribution in [3.63, 3.8) is 0 Å². The highest BCUT2D eigenvalue weighted by Crippen LogP contribution is 2.34. The van der Waals surface area contributed by atoms with Crippen LogP contribution in [0.2, 0.25) is 0 Å². The molecule has 0 bridgehead atoms. The maximum atomic E-state index is 12.1. The number of hydrogen-bond acceptors (Lipinski definition) is 6. The normalized spacial score (nSPS) is 11.0. The topological polar surface area (TPSA) is 71.9 Å². The number of amides is 1. The molecule has 0 saturated heterocycles. The van der Waals surface area contributed by atoms with E-state index in [0.717, 1.165) is 46.4 Å². The number of methoxy groups -OCH3 is 1. The molecular weight excluding hydrogens is 478 g/mol. The number of pyridine rings is 1. The second-order valence-electron chi connectivity index (χ2n) is 9.47. The van der Waals surface area contributed by atoms with Gasteiger partial charge in [0.15, 0.2) is 0 Å². The molecule has 0 aliphatic rings. The van der Waals surface area contributed by atoms with Crippen LogP contribution in [0.5, 0.6) is 11.8 Å². The molecular formula is C30H35N5O3. The van der Waals surface area contributed by atoms with E-state index >= 15 is 0 Å². The molecule has 0 spiro atoms. The number of nitrogens with zero attached hydrogens (tertiary/aromatic N) is 4. The van der Waals surface area contributed by atoms with Gasteiger partial charge in [-0.15, -0.1) is 0 Å². The summed E-state index contributed by atoms with van der Waals surface area (Å²) in [7, 11) is 9.71. The summed E-state index contributed by atoms with van der Waals surface area (Å²) in [6, 6.07) is 18.0. The third-order valence-electron chi connectivity index (χ3n) is 6.38. The predicted molar refractivity (Wildman–Crippen MR) is 154 cm³/mol. The van der Waals surface area contributed by atoms with E-state index in [4.69, 9.17) is 9.47 Å². The van der Waals surface area contributed by atoms with E-state index in [1.165, 1.54) is 6.08 Å². The monoisotopic (exact) mass is 513 g/mol. The van der Waals surface area contributed by atoms with Gasteiger partial charge in [-0.1, -0.05) is 30.8 Å². The average Bonchev–Trinajstić information content (AvgIpc) is 3.26. The molecule has 0 aliphatic heterocycles. The van der Waals surface area contributed by atoms with Crippen LogP contribution in [0.4, 0.5) is 11.4 Å². The zero-order valence-corrected chi connectivity index (χ0v) is 22.7. The number of ether oxygens (including phenoxy) is 2. The van der Waals surface area contributed by atoms with Gasteiger partial charge in [0, 0.05) is 62.0 Å². The van der Waals surface area contributed by atoms with Crippen molar-refractivity contribution in [1.82, 2.24) is 14.5 Å². The maximum absolute atomic E-state index is 12.1. The predicted octanol–water partition coefficient (Wildman–Crippen LogP) is 4.95. The third-order valence-corrected chi connectivity index (χ3v) is 6.38. The fourth-order valence-electron chi connectivity index (χ4n) is 4.30. The van der Waals surface area contributed by atoms with Crippen molar-refractivity contribution in [2.24, 2.45) is 7.05 Å². The van der Waals surface area contributed by atoms with E-state index in [9.17, 15) is 4.79 Å². The van der Waals surface area contributed by atoms with E-state index in [2.05, 4.69) is 49.6 Å². The summed E-state index contributed by atoms with van der Waals surface area (Å²) < 4.78 is 13.7. The molecule has 4 rings (SSSR count). The first-order valence-corrected chi connectivity index (χ1v) is 12.4. The minimum Gasteiger partial charge on any atom is -0.481 e. The van der Waals surface area contributed by atoms with Crippen LogP contribution in [-0.2, 0) is 18.4 Å². The SMILES string of the molecule is C=CC(=O)Nc1cc(COc2cc(-c3cn(C)c4ccccc34)cc(OC)n2)ccc1N(C)CCN(C)C. The van der Waals surface area contributed by atoms with Crippen LogP contribution in [0.3, 0.4) is 0 Å². The van der Waals surface area contributed by atoms with Crippen LogP contribution in [0.15, 0.2) is 73.4 Å². The molecule has 0 unspecified atom stereocenters. The van der Waals surface area contributed by atoms with Gasteiger partial charge in [0.25, 0.3) is 0 Å². The van der Waals surface area contributed by atoms with Crippen molar-refractivity contribution in [2.75, 3.05) is 51.6 Å². The first-order valence-electron chi connectivity index (χ1n) is 12.4. The largest absolute Gasteiger partial charge is 0.481 e. The van der Waals surface area contributed by atoms with E-state index < -0.39 is 0 Å². The van der Waals surface area contributed by atoms with Gasteiger partial charge < -0.3 is 29.2 Å². The number of anilines is 2. The molecule has 0 radical (unpaired) electrons. The van der Waals surface area contributed by atoms with E-state index in [0.29, 0.717) is 17.4 Å². The zero-order chi connectivity index (χ0) is 27.2. The van der Waals surface area contributed by atoms with Gasteiger partial charge in [0.1, 0.15) is 6.61 Å². The third kappa shape index (κ3) is 6.15. The summed E-state index contributed by atoms with van der Waals surface area (Å²) in [5, 5.41) is 4.07. The molecule has 38 heavy (non-hydrogen) atoms. The number of rotatable bonds is 11. The average molecular weight is 514 g/mol.